The molecule has 0 radical (unpaired) electrons. The second-order valence-electron chi connectivity index (χ2n) is 8.36. The number of thioether (sulfide) groups is 2. The number of β-lactam (4-membered cyclic amide) rings is 1. The fourth-order valence-electron chi connectivity index (χ4n) is 3.96. The van der Waals surface area contributed by atoms with Crippen molar-refractivity contribution in [2.45, 2.75) is 35.8 Å². The summed E-state index contributed by atoms with van der Waals surface area (Å²) in [6.45, 7) is 1.83. The van der Waals surface area contributed by atoms with E-state index in [0.717, 1.165) is 11.8 Å². The van der Waals surface area contributed by atoms with Crippen LogP contribution in [0.4, 0.5) is 4.79 Å². The summed E-state index contributed by atoms with van der Waals surface area (Å²) in [4.78, 5) is 52.8. The number of aromatic nitrogens is 2. The Morgan fingerprint density at radius 3 is 2.79 bits per heavy atom. The normalized spacial score (nSPS) is 19.1. The van der Waals surface area contributed by atoms with Crippen molar-refractivity contribution in [1.82, 2.24) is 25.9 Å². The molecule has 1 saturated heterocycles. The lowest BCUT2D eigenvalue weighted by Crippen LogP contribution is -2.71. The third kappa shape index (κ3) is 6.29. The number of carbonyl (C=O) groups excluding carboxylic acids is 3. The van der Waals surface area contributed by atoms with Gasteiger partial charge in [-0.3, -0.25) is 14.5 Å². The van der Waals surface area contributed by atoms with Crippen LogP contribution in [-0.2, 0) is 25.5 Å². The molecule has 2 aromatic heterocycles. The van der Waals surface area contributed by atoms with Gasteiger partial charge in [-0.15, -0.1) is 23.1 Å². The van der Waals surface area contributed by atoms with Crippen LogP contribution in [0.1, 0.15) is 23.5 Å². The Balaban J connectivity index is 1.46. The van der Waals surface area contributed by atoms with Crippen LogP contribution in [0.5, 0.6) is 0 Å². The molecule has 16 heteroatoms. The van der Waals surface area contributed by atoms with Gasteiger partial charge in [0.05, 0.1) is 0 Å². The first kappa shape index (κ1) is 28.7. The molecule has 0 saturated carbocycles. The van der Waals surface area contributed by atoms with Gasteiger partial charge in [0.25, 0.3) is 10.9 Å². The number of nitrogens with zero attached hydrogens (tertiary/aromatic N) is 3. The van der Waals surface area contributed by atoms with Gasteiger partial charge in [-0.2, -0.15) is 0 Å². The second-order valence-corrected chi connectivity index (χ2v) is 11.4. The minimum atomic E-state index is -1.27. The van der Waals surface area contributed by atoms with Gasteiger partial charge in [-0.25, -0.2) is 9.59 Å². The molecule has 13 nitrogen and oxygen atoms in total. The number of methoxy groups -OCH3 is 1. The SMILES string of the molecule is CCc1ccc(SCC2=C(C(=O)O)N3C(=O)[C@@H](NC(=O)C(NC(=O)NCOC)c4cccs4)C3SC2)[n+]([O-])n1. The Morgan fingerprint density at radius 2 is 2.15 bits per heavy atom. The molecule has 2 aromatic rings. The van der Waals surface area contributed by atoms with E-state index in [1.807, 2.05) is 6.92 Å². The van der Waals surface area contributed by atoms with Crippen molar-refractivity contribution in [1.29, 1.82) is 0 Å². The molecule has 4 N–H and O–H groups in total. The van der Waals surface area contributed by atoms with E-state index in [4.69, 9.17) is 4.74 Å². The number of aliphatic carboxylic acids is 1. The van der Waals surface area contributed by atoms with Gasteiger partial charge in [0.2, 0.25) is 5.91 Å². The molecule has 0 aliphatic carbocycles. The summed E-state index contributed by atoms with van der Waals surface area (Å²) in [7, 11) is 1.41. The molecular formula is C23H26N6O7S3. The highest BCUT2D eigenvalue weighted by Crippen LogP contribution is 2.41. The first-order valence-corrected chi connectivity index (χ1v) is 14.7. The fraction of sp³-hybridized carbons (Fsp3) is 0.391. The number of amides is 4. The van der Waals surface area contributed by atoms with Crippen LogP contribution in [0.2, 0.25) is 0 Å². The van der Waals surface area contributed by atoms with E-state index in [1.165, 1.54) is 35.1 Å². The summed E-state index contributed by atoms with van der Waals surface area (Å²) < 4.78 is 4.81. The van der Waals surface area contributed by atoms with E-state index in [0.29, 0.717) is 38.2 Å². The quantitative estimate of drug-likeness (QED) is 0.0957. The largest absolute Gasteiger partial charge is 0.593 e. The third-order valence-corrected chi connectivity index (χ3v) is 9.23. The van der Waals surface area contributed by atoms with Gasteiger partial charge in [-0.05, 0) is 46.1 Å². The van der Waals surface area contributed by atoms with Crippen molar-refractivity contribution in [3.8, 4) is 0 Å². The number of carbonyl (C=O) groups is 4. The lowest BCUT2D eigenvalue weighted by atomic mass is 10.0. The average molecular weight is 595 g/mol. The number of rotatable bonds is 11. The molecule has 0 aromatic carbocycles. The Morgan fingerprint density at radius 1 is 1.36 bits per heavy atom. The first-order chi connectivity index (χ1) is 18.7. The Hall–Kier alpha value is -3.34. The average Bonchev–Trinajstić information content (AvgIpc) is 3.46. The van der Waals surface area contributed by atoms with Gasteiger partial charge in [0.1, 0.15) is 35.6 Å². The van der Waals surface area contributed by atoms with Gasteiger partial charge >= 0.3 is 12.0 Å². The van der Waals surface area contributed by atoms with Crippen molar-refractivity contribution < 1.29 is 33.9 Å². The fourth-order valence-corrected chi connectivity index (χ4v) is 7.08. The van der Waals surface area contributed by atoms with E-state index in [2.05, 4.69) is 21.0 Å². The maximum atomic E-state index is 13.2. The second kappa shape index (κ2) is 12.7. The van der Waals surface area contributed by atoms with Crippen molar-refractivity contribution in [3.63, 3.8) is 0 Å². The number of carboxylic acids is 1. The minimum Gasteiger partial charge on any atom is -0.593 e. The standard InChI is InChI=1S/C23H26N6O7S3/c1-3-13-6-7-15(29(35)27-13)38-9-12-10-39-21-17(20(31)28(21)18(12)22(32)33)25-19(30)16(14-5-4-8-37-14)26-23(34)24-11-36-2/h4-8,16-17,21H,3,9-11H2,1-2H3,(H,25,30)(H,32,33)(H2,24,26,34)/t16?,17-,21?/m1/s1. The number of hydrogen-bond donors (Lipinski definition) is 4. The molecule has 0 spiro atoms. The van der Waals surface area contributed by atoms with E-state index in [-0.39, 0.29) is 18.2 Å². The summed E-state index contributed by atoms with van der Waals surface area (Å²) in [5.41, 5.74) is 0.978. The van der Waals surface area contributed by atoms with Crippen LogP contribution >= 0.6 is 34.9 Å². The number of aryl methyl sites for hydroxylation is 1. The topological polar surface area (TPSA) is 177 Å². The van der Waals surface area contributed by atoms with E-state index < -0.39 is 41.3 Å². The van der Waals surface area contributed by atoms with Crippen molar-refractivity contribution >= 4 is 58.7 Å². The number of carboxylic acid groups (broad SMARTS) is 1. The Labute approximate surface area is 235 Å². The maximum absolute atomic E-state index is 13.2. The van der Waals surface area contributed by atoms with Gasteiger partial charge < -0.3 is 31.0 Å². The predicted molar refractivity (Wildman–Crippen MR) is 144 cm³/mol. The van der Waals surface area contributed by atoms with Crippen molar-refractivity contribution in [3.05, 3.63) is 56.7 Å². The molecule has 0 bridgehead atoms. The molecule has 2 unspecified atom stereocenters. The smallest absolute Gasteiger partial charge is 0.352 e. The molecule has 4 amide bonds. The summed E-state index contributed by atoms with van der Waals surface area (Å²) in [6.07, 6.45) is 0.611. The van der Waals surface area contributed by atoms with Crippen LogP contribution in [0.15, 0.2) is 45.9 Å². The molecule has 1 fully saturated rings. The highest BCUT2D eigenvalue weighted by molar-refractivity contribution is 8.01. The lowest BCUT2D eigenvalue weighted by molar-refractivity contribution is -0.707. The Kier molecular flexibility index (Phi) is 9.32. The third-order valence-electron chi connectivity index (χ3n) is 5.87. The van der Waals surface area contributed by atoms with E-state index >= 15 is 0 Å². The molecule has 3 atom stereocenters. The van der Waals surface area contributed by atoms with Gasteiger partial charge in [-0.1, -0.05) is 13.0 Å². The maximum Gasteiger partial charge on any atom is 0.352 e. The molecular weight excluding hydrogens is 568 g/mol. The number of fused-ring (bicyclic) bond motifs is 1. The molecule has 208 valence electrons. The molecule has 4 rings (SSSR count). The molecule has 39 heavy (non-hydrogen) atoms. The van der Waals surface area contributed by atoms with Crippen LogP contribution < -0.4 is 20.8 Å². The first-order valence-electron chi connectivity index (χ1n) is 11.7. The van der Waals surface area contributed by atoms with Crippen molar-refractivity contribution in [2.24, 2.45) is 0 Å². The summed E-state index contributed by atoms with van der Waals surface area (Å²) in [5.74, 6) is -1.97. The predicted octanol–water partition coefficient (Wildman–Crippen LogP) is 0.814. The van der Waals surface area contributed by atoms with Crippen LogP contribution in [0.3, 0.4) is 0 Å². The zero-order valence-corrected chi connectivity index (χ0v) is 23.4. The van der Waals surface area contributed by atoms with Gasteiger partial charge in [0.15, 0.2) is 0 Å². The van der Waals surface area contributed by atoms with Crippen LogP contribution in [-0.4, -0.2) is 75.7 Å². The summed E-state index contributed by atoms with van der Waals surface area (Å²) >= 11 is 3.72. The number of hydrogen-bond acceptors (Lipinski definition) is 10. The number of ether oxygens (including phenoxy) is 1. The highest BCUT2D eigenvalue weighted by Gasteiger charge is 2.54. The summed E-state index contributed by atoms with van der Waals surface area (Å²) in [5, 5.41) is 35.2. The Bertz CT molecular complexity index is 1290. The number of nitrogens with one attached hydrogen (secondary N) is 3. The van der Waals surface area contributed by atoms with Gasteiger partial charge in [0, 0.05) is 34.7 Å². The van der Waals surface area contributed by atoms with Crippen LogP contribution in [0.25, 0.3) is 0 Å². The molecule has 2 aliphatic rings. The van der Waals surface area contributed by atoms with Crippen molar-refractivity contribution in [2.75, 3.05) is 25.3 Å². The molecule has 4 heterocycles. The highest BCUT2D eigenvalue weighted by atomic mass is 32.2. The zero-order valence-electron chi connectivity index (χ0n) is 20.9. The van der Waals surface area contributed by atoms with E-state index in [1.54, 1.807) is 29.6 Å². The molecule has 2 aliphatic heterocycles. The number of urea groups is 1. The summed E-state index contributed by atoms with van der Waals surface area (Å²) in [6, 6.07) is 4.13. The number of thiophene rings is 1. The lowest BCUT2D eigenvalue weighted by Gasteiger charge is -2.49. The van der Waals surface area contributed by atoms with E-state index in [9.17, 15) is 29.5 Å². The van der Waals surface area contributed by atoms with Crippen LogP contribution in [0, 0.1) is 5.21 Å². The zero-order chi connectivity index (χ0) is 28.1. The monoisotopic (exact) mass is 594 g/mol. The minimum absolute atomic E-state index is 0.0559.